The summed E-state index contributed by atoms with van der Waals surface area (Å²) in [5, 5.41) is 8.90. The van der Waals surface area contributed by atoms with Crippen molar-refractivity contribution < 1.29 is 4.39 Å². The highest BCUT2D eigenvalue weighted by Crippen LogP contribution is 2.16. The van der Waals surface area contributed by atoms with E-state index in [1.807, 2.05) is 6.07 Å². The Labute approximate surface area is 90.6 Å². The number of rotatable bonds is 0. The van der Waals surface area contributed by atoms with Gasteiger partial charge in [-0.3, -0.25) is 9.36 Å². The second kappa shape index (κ2) is 3.42. The van der Waals surface area contributed by atoms with Crippen LogP contribution in [0.3, 0.4) is 0 Å². The third kappa shape index (κ3) is 1.27. The molecule has 0 aliphatic rings. The fourth-order valence-corrected chi connectivity index (χ4v) is 1.54. The first kappa shape index (κ1) is 10.3. The SMILES string of the molecule is Cc1nc2c(F)ccc(C#N)c2c(=O)n1C. The van der Waals surface area contributed by atoms with Gasteiger partial charge in [0.15, 0.2) is 0 Å². The van der Waals surface area contributed by atoms with Crippen LogP contribution in [0.15, 0.2) is 16.9 Å². The van der Waals surface area contributed by atoms with Gasteiger partial charge in [0.1, 0.15) is 23.2 Å². The molecule has 0 bridgehead atoms. The highest BCUT2D eigenvalue weighted by Gasteiger charge is 2.13. The number of benzene rings is 1. The largest absolute Gasteiger partial charge is 0.299 e. The molecule has 0 spiro atoms. The van der Waals surface area contributed by atoms with Gasteiger partial charge in [0.2, 0.25) is 0 Å². The van der Waals surface area contributed by atoms with Crippen molar-refractivity contribution in [2.75, 3.05) is 0 Å². The van der Waals surface area contributed by atoms with Gasteiger partial charge in [-0.25, -0.2) is 9.37 Å². The van der Waals surface area contributed by atoms with Crippen LogP contribution in [0.5, 0.6) is 0 Å². The summed E-state index contributed by atoms with van der Waals surface area (Å²) in [6, 6.07) is 4.30. The van der Waals surface area contributed by atoms with E-state index < -0.39 is 11.4 Å². The monoisotopic (exact) mass is 217 g/mol. The topological polar surface area (TPSA) is 58.7 Å². The Morgan fingerprint density at radius 1 is 1.50 bits per heavy atom. The molecule has 0 saturated carbocycles. The van der Waals surface area contributed by atoms with Crippen molar-refractivity contribution in [1.82, 2.24) is 9.55 Å². The van der Waals surface area contributed by atoms with Crippen LogP contribution < -0.4 is 5.56 Å². The fraction of sp³-hybridized carbons (Fsp3) is 0.182. The standard InChI is InChI=1S/C11H8FN3O/c1-6-14-10-8(12)4-3-7(5-13)9(10)11(16)15(6)2/h3-4H,1-2H3. The smallest absolute Gasteiger partial charge is 0.262 e. The fourth-order valence-electron chi connectivity index (χ4n) is 1.54. The Bertz CT molecular complexity index is 682. The van der Waals surface area contributed by atoms with E-state index >= 15 is 0 Å². The molecule has 0 atom stereocenters. The van der Waals surface area contributed by atoms with Gasteiger partial charge in [0.05, 0.1) is 10.9 Å². The molecule has 0 unspecified atom stereocenters. The van der Waals surface area contributed by atoms with Gasteiger partial charge in [0, 0.05) is 7.05 Å². The summed E-state index contributed by atoms with van der Waals surface area (Å²) in [7, 11) is 1.54. The summed E-state index contributed by atoms with van der Waals surface area (Å²) >= 11 is 0. The molecule has 0 aliphatic carbocycles. The number of halogens is 1. The van der Waals surface area contributed by atoms with E-state index in [-0.39, 0.29) is 16.5 Å². The zero-order chi connectivity index (χ0) is 11.9. The predicted octanol–water partition coefficient (Wildman–Crippen LogP) is 1.25. The van der Waals surface area contributed by atoms with Gasteiger partial charge in [-0.05, 0) is 19.1 Å². The summed E-state index contributed by atoms with van der Waals surface area (Å²) < 4.78 is 14.8. The molecule has 0 saturated heterocycles. The Hall–Kier alpha value is -2.22. The van der Waals surface area contributed by atoms with Gasteiger partial charge in [-0.15, -0.1) is 0 Å². The zero-order valence-corrected chi connectivity index (χ0v) is 8.78. The normalized spacial score (nSPS) is 10.4. The van der Waals surface area contributed by atoms with Crippen molar-refractivity contribution >= 4 is 10.9 Å². The number of hydrogen-bond acceptors (Lipinski definition) is 3. The molecule has 1 heterocycles. The molecule has 0 N–H and O–H groups in total. The van der Waals surface area contributed by atoms with E-state index in [2.05, 4.69) is 4.98 Å². The maximum Gasteiger partial charge on any atom is 0.262 e. The minimum Gasteiger partial charge on any atom is -0.299 e. The summed E-state index contributed by atoms with van der Waals surface area (Å²) in [5.74, 6) is -0.179. The lowest BCUT2D eigenvalue weighted by Gasteiger charge is -2.06. The molecule has 0 radical (unpaired) electrons. The summed E-state index contributed by atoms with van der Waals surface area (Å²) in [6.45, 7) is 1.61. The zero-order valence-electron chi connectivity index (χ0n) is 8.78. The first-order valence-electron chi connectivity index (χ1n) is 4.62. The van der Waals surface area contributed by atoms with Crippen molar-refractivity contribution in [2.24, 2.45) is 7.05 Å². The van der Waals surface area contributed by atoms with Crippen LogP contribution in [0, 0.1) is 24.1 Å². The quantitative estimate of drug-likeness (QED) is 0.667. The van der Waals surface area contributed by atoms with Crippen LogP contribution >= 0.6 is 0 Å². The number of aromatic nitrogens is 2. The van der Waals surface area contributed by atoms with Crippen LogP contribution in [0.4, 0.5) is 4.39 Å². The average Bonchev–Trinajstić information content (AvgIpc) is 2.27. The second-order valence-electron chi connectivity index (χ2n) is 3.45. The third-order valence-corrected chi connectivity index (χ3v) is 2.53. The van der Waals surface area contributed by atoms with E-state index in [4.69, 9.17) is 5.26 Å². The van der Waals surface area contributed by atoms with E-state index in [9.17, 15) is 9.18 Å². The van der Waals surface area contributed by atoms with E-state index in [0.29, 0.717) is 5.82 Å². The van der Waals surface area contributed by atoms with Crippen LogP contribution in [0.2, 0.25) is 0 Å². The molecule has 80 valence electrons. The summed E-state index contributed by atoms with van der Waals surface area (Å²) in [4.78, 5) is 15.9. The number of hydrogen-bond donors (Lipinski definition) is 0. The predicted molar refractivity (Wildman–Crippen MR) is 56.4 cm³/mol. The lowest BCUT2D eigenvalue weighted by atomic mass is 10.1. The van der Waals surface area contributed by atoms with Gasteiger partial charge in [0.25, 0.3) is 5.56 Å². The second-order valence-corrected chi connectivity index (χ2v) is 3.45. The Balaban J connectivity index is 3.14. The molecule has 0 fully saturated rings. The number of nitrogens with zero attached hydrogens (tertiary/aromatic N) is 3. The molecule has 4 nitrogen and oxygen atoms in total. The Morgan fingerprint density at radius 3 is 2.81 bits per heavy atom. The van der Waals surface area contributed by atoms with Gasteiger partial charge in [-0.1, -0.05) is 0 Å². The number of fused-ring (bicyclic) bond motifs is 1. The van der Waals surface area contributed by atoms with Crippen molar-refractivity contribution in [3.8, 4) is 6.07 Å². The molecular weight excluding hydrogens is 209 g/mol. The van der Waals surface area contributed by atoms with Crippen LogP contribution in [0.1, 0.15) is 11.4 Å². The highest BCUT2D eigenvalue weighted by atomic mass is 19.1. The van der Waals surface area contributed by atoms with Crippen LogP contribution in [-0.4, -0.2) is 9.55 Å². The highest BCUT2D eigenvalue weighted by molar-refractivity contribution is 5.84. The Kier molecular flexibility index (Phi) is 2.20. The minimum absolute atomic E-state index is 0.0376. The molecule has 5 heteroatoms. The van der Waals surface area contributed by atoms with Crippen LogP contribution in [-0.2, 0) is 7.05 Å². The molecule has 1 aromatic carbocycles. The van der Waals surface area contributed by atoms with Crippen molar-refractivity contribution in [3.63, 3.8) is 0 Å². The number of nitriles is 1. The Morgan fingerprint density at radius 2 is 2.19 bits per heavy atom. The van der Waals surface area contributed by atoms with Crippen molar-refractivity contribution in [2.45, 2.75) is 6.92 Å². The molecular formula is C11H8FN3O. The molecule has 0 amide bonds. The van der Waals surface area contributed by atoms with E-state index in [1.165, 1.54) is 17.7 Å². The van der Waals surface area contributed by atoms with Crippen molar-refractivity contribution in [3.05, 3.63) is 39.7 Å². The molecule has 16 heavy (non-hydrogen) atoms. The van der Waals surface area contributed by atoms with Gasteiger partial charge in [-0.2, -0.15) is 5.26 Å². The third-order valence-electron chi connectivity index (χ3n) is 2.53. The maximum absolute atomic E-state index is 13.5. The van der Waals surface area contributed by atoms with Gasteiger partial charge < -0.3 is 0 Å². The lowest BCUT2D eigenvalue weighted by molar-refractivity contribution is 0.634. The van der Waals surface area contributed by atoms with Gasteiger partial charge >= 0.3 is 0 Å². The molecule has 2 rings (SSSR count). The van der Waals surface area contributed by atoms with Crippen LogP contribution in [0.25, 0.3) is 10.9 Å². The molecule has 1 aromatic heterocycles. The summed E-state index contributed by atoms with van der Waals surface area (Å²) in [5.41, 5.74) is -0.303. The van der Waals surface area contributed by atoms with E-state index in [1.54, 1.807) is 6.92 Å². The minimum atomic E-state index is -0.588. The summed E-state index contributed by atoms with van der Waals surface area (Å²) in [6.07, 6.45) is 0. The molecule has 2 aromatic rings. The maximum atomic E-state index is 13.5. The number of aryl methyl sites for hydroxylation is 1. The van der Waals surface area contributed by atoms with E-state index in [0.717, 1.165) is 6.07 Å². The average molecular weight is 217 g/mol. The first-order chi connectivity index (χ1) is 7.56. The lowest BCUT2D eigenvalue weighted by Crippen LogP contribution is -2.21. The molecule has 0 aliphatic heterocycles. The van der Waals surface area contributed by atoms with Crippen molar-refractivity contribution in [1.29, 1.82) is 5.26 Å². The first-order valence-corrected chi connectivity index (χ1v) is 4.62.